The first kappa shape index (κ1) is 32.3. The highest BCUT2D eigenvalue weighted by molar-refractivity contribution is 7.09. The number of nitrogens with two attached hydrogens (primary N) is 1. The maximum Gasteiger partial charge on any atom is 0.254 e. The summed E-state index contributed by atoms with van der Waals surface area (Å²) in [5.41, 5.74) is 8.58. The van der Waals surface area contributed by atoms with E-state index < -0.39 is 29.9 Å². The Balaban J connectivity index is 1.51. The van der Waals surface area contributed by atoms with Crippen molar-refractivity contribution in [3.8, 4) is 5.75 Å². The first-order chi connectivity index (χ1) is 21.1. The van der Waals surface area contributed by atoms with Gasteiger partial charge in [-0.3, -0.25) is 14.4 Å². The van der Waals surface area contributed by atoms with Crippen molar-refractivity contribution >= 4 is 29.1 Å². The fourth-order valence-corrected chi connectivity index (χ4v) is 5.51. The zero-order valence-electron chi connectivity index (χ0n) is 24.9. The number of hydrogen-bond donors (Lipinski definition) is 4. The van der Waals surface area contributed by atoms with Crippen LogP contribution in [0.2, 0.25) is 0 Å². The Morgan fingerprint density at radius 2 is 1.70 bits per heavy atom. The minimum atomic E-state index is -0.960. The van der Waals surface area contributed by atoms with Crippen molar-refractivity contribution in [3.05, 3.63) is 117 Å². The molecular weight excluding hydrogens is 578 g/mol. The van der Waals surface area contributed by atoms with E-state index in [9.17, 15) is 19.5 Å². The fourth-order valence-electron chi connectivity index (χ4n) is 4.69. The van der Waals surface area contributed by atoms with Gasteiger partial charge in [-0.15, -0.1) is 11.3 Å². The van der Waals surface area contributed by atoms with Crippen LogP contribution in [0.1, 0.15) is 52.9 Å². The smallest absolute Gasteiger partial charge is 0.254 e. The molecule has 4 aromatic rings. The highest BCUT2D eigenvalue weighted by Crippen LogP contribution is 2.17. The van der Waals surface area contributed by atoms with Gasteiger partial charge in [0, 0.05) is 47.9 Å². The molecule has 0 bridgehead atoms. The summed E-state index contributed by atoms with van der Waals surface area (Å²) in [7, 11) is 3.23. The number of aryl methyl sites for hydroxylation is 1. The number of hydrogen-bond acceptors (Lipinski definition) is 8. The van der Waals surface area contributed by atoms with Crippen LogP contribution < -0.4 is 21.1 Å². The lowest BCUT2D eigenvalue weighted by molar-refractivity contribution is 0.0784. The number of aromatic nitrogens is 1. The van der Waals surface area contributed by atoms with E-state index in [2.05, 4.69) is 15.6 Å². The average Bonchev–Trinajstić information content (AvgIpc) is 3.44. The van der Waals surface area contributed by atoms with Crippen molar-refractivity contribution in [1.29, 1.82) is 0 Å². The first-order valence-corrected chi connectivity index (χ1v) is 15.0. The number of methoxy groups -OCH3 is 1. The number of amides is 3. The van der Waals surface area contributed by atoms with Crippen molar-refractivity contribution in [2.24, 2.45) is 5.73 Å². The van der Waals surface area contributed by atoms with Crippen LogP contribution in [0.25, 0.3) is 0 Å². The molecule has 0 aliphatic rings. The van der Waals surface area contributed by atoms with Gasteiger partial charge in [0.05, 0.1) is 25.8 Å². The summed E-state index contributed by atoms with van der Waals surface area (Å²) in [6.45, 7) is 2.83. The van der Waals surface area contributed by atoms with E-state index in [0.29, 0.717) is 13.0 Å². The number of nitrogens with one attached hydrogen (secondary N) is 2. The number of nitrogens with zero attached hydrogens (tertiary/aromatic N) is 2. The second-order valence-electron chi connectivity index (χ2n) is 10.5. The summed E-state index contributed by atoms with van der Waals surface area (Å²) in [5.74, 6) is -0.972. The van der Waals surface area contributed by atoms with E-state index in [1.54, 1.807) is 14.2 Å². The summed E-state index contributed by atoms with van der Waals surface area (Å²) >= 11 is 1.44. The number of thiazole rings is 1. The van der Waals surface area contributed by atoms with Gasteiger partial charge in [-0.2, -0.15) is 0 Å². The average molecular weight is 616 g/mol. The molecule has 0 saturated carbocycles. The van der Waals surface area contributed by atoms with Gasteiger partial charge in [-0.1, -0.05) is 42.5 Å². The minimum absolute atomic E-state index is 0.0274. The van der Waals surface area contributed by atoms with Crippen molar-refractivity contribution in [3.63, 3.8) is 0 Å². The van der Waals surface area contributed by atoms with Crippen LogP contribution in [0.5, 0.6) is 5.75 Å². The zero-order valence-corrected chi connectivity index (χ0v) is 25.8. The minimum Gasteiger partial charge on any atom is -0.497 e. The molecule has 0 unspecified atom stereocenters. The number of carbonyl (C=O) groups is 3. The first-order valence-electron chi connectivity index (χ1n) is 14.1. The third kappa shape index (κ3) is 8.96. The molecule has 2 atom stereocenters. The van der Waals surface area contributed by atoms with Gasteiger partial charge >= 0.3 is 0 Å². The molecule has 0 aliphatic carbocycles. The Morgan fingerprint density at radius 1 is 1.00 bits per heavy atom. The third-order valence-corrected chi connectivity index (χ3v) is 7.96. The molecule has 44 heavy (non-hydrogen) atoms. The topological polar surface area (TPSA) is 147 Å². The number of aliphatic hydroxyl groups excluding tert-OH is 1. The van der Waals surface area contributed by atoms with Crippen molar-refractivity contribution in [1.82, 2.24) is 20.5 Å². The van der Waals surface area contributed by atoms with E-state index in [-0.39, 0.29) is 29.8 Å². The van der Waals surface area contributed by atoms with Crippen LogP contribution in [0.15, 0.2) is 78.2 Å². The van der Waals surface area contributed by atoms with Crippen LogP contribution in [0.3, 0.4) is 0 Å². The number of aliphatic hydroxyl groups is 1. The summed E-state index contributed by atoms with van der Waals surface area (Å²) in [6, 6.07) is 20.6. The van der Waals surface area contributed by atoms with Gasteiger partial charge in [0.15, 0.2) is 0 Å². The third-order valence-electron chi connectivity index (χ3n) is 7.01. The molecule has 11 heteroatoms. The van der Waals surface area contributed by atoms with Gasteiger partial charge in [0.2, 0.25) is 5.91 Å². The Bertz CT molecular complexity index is 1590. The van der Waals surface area contributed by atoms with Crippen LogP contribution in [0.4, 0.5) is 0 Å². The predicted molar refractivity (Wildman–Crippen MR) is 170 cm³/mol. The number of carbonyl (C=O) groups excluding carboxylic acids is 3. The molecule has 0 radical (unpaired) electrons. The van der Waals surface area contributed by atoms with E-state index in [0.717, 1.165) is 27.6 Å². The highest BCUT2D eigenvalue weighted by Gasteiger charge is 2.24. The molecule has 3 aromatic carbocycles. The van der Waals surface area contributed by atoms with Gasteiger partial charge in [0.25, 0.3) is 11.8 Å². The predicted octanol–water partition coefficient (Wildman–Crippen LogP) is 3.32. The van der Waals surface area contributed by atoms with E-state index in [4.69, 9.17) is 10.5 Å². The maximum atomic E-state index is 13.6. The largest absolute Gasteiger partial charge is 0.497 e. The molecule has 3 amide bonds. The Labute approximate surface area is 260 Å². The van der Waals surface area contributed by atoms with E-state index in [1.165, 1.54) is 34.4 Å². The van der Waals surface area contributed by atoms with Crippen molar-refractivity contribution < 1.29 is 24.2 Å². The number of benzene rings is 3. The van der Waals surface area contributed by atoms with Crippen LogP contribution in [-0.2, 0) is 19.5 Å². The quantitative estimate of drug-likeness (QED) is 0.170. The molecule has 0 saturated heterocycles. The molecule has 230 valence electrons. The molecule has 0 spiro atoms. The maximum absolute atomic E-state index is 13.6. The molecule has 4 rings (SSSR count). The van der Waals surface area contributed by atoms with Gasteiger partial charge < -0.3 is 31.1 Å². The van der Waals surface area contributed by atoms with Crippen LogP contribution in [-0.4, -0.2) is 65.6 Å². The highest BCUT2D eigenvalue weighted by atomic mass is 32.1. The number of rotatable bonds is 14. The Hall–Kier alpha value is -4.58. The lowest BCUT2D eigenvalue weighted by Crippen LogP contribution is -2.48. The van der Waals surface area contributed by atoms with Crippen LogP contribution in [0, 0.1) is 6.92 Å². The number of ether oxygens (including phenoxy) is 1. The summed E-state index contributed by atoms with van der Waals surface area (Å²) < 4.78 is 5.28. The lowest BCUT2D eigenvalue weighted by atomic mass is 9.99. The normalized spacial score (nSPS) is 12.3. The Kier molecular flexibility index (Phi) is 11.2. The summed E-state index contributed by atoms with van der Waals surface area (Å²) in [4.78, 5) is 44.9. The molecular formula is C33H37N5O5S. The summed E-state index contributed by atoms with van der Waals surface area (Å²) in [6.07, 6.45) is -0.607. The van der Waals surface area contributed by atoms with Gasteiger partial charge in [-0.05, 0) is 54.8 Å². The second-order valence-corrected chi connectivity index (χ2v) is 11.5. The molecule has 0 aliphatic heterocycles. The fraction of sp³-hybridized carbons (Fsp3) is 0.273. The van der Waals surface area contributed by atoms with Gasteiger partial charge in [-0.25, -0.2) is 4.98 Å². The Morgan fingerprint density at radius 3 is 2.39 bits per heavy atom. The molecule has 1 heterocycles. The van der Waals surface area contributed by atoms with Crippen LogP contribution >= 0.6 is 11.3 Å². The zero-order chi connectivity index (χ0) is 31.6. The molecule has 0 fully saturated rings. The number of primary amides is 1. The molecule has 5 N–H and O–H groups in total. The van der Waals surface area contributed by atoms with Crippen molar-refractivity contribution in [2.75, 3.05) is 20.7 Å². The summed E-state index contributed by atoms with van der Waals surface area (Å²) in [5, 5.41) is 20.0. The van der Waals surface area contributed by atoms with Gasteiger partial charge in [0.1, 0.15) is 10.8 Å². The van der Waals surface area contributed by atoms with E-state index >= 15 is 0 Å². The molecule has 1 aromatic heterocycles. The second kappa shape index (κ2) is 15.2. The lowest BCUT2D eigenvalue weighted by Gasteiger charge is -2.25. The monoisotopic (exact) mass is 615 g/mol. The SMILES string of the molecule is COc1cccc(CNC[C@@H](O)[C@H](Cc2ccccc2)NC(=O)c2cc(C(N)=O)cc(C(=O)N(C)Cc3nc(C)cs3)c2)c1. The molecule has 10 nitrogen and oxygen atoms in total. The standard InChI is InChI=1S/C33H37N5O5S/c1-21-20-44-30(36-21)19-38(2)33(42)26-15-24(31(34)40)14-25(16-26)32(41)37-28(13-22-8-5-4-6-9-22)29(39)18-35-17-23-10-7-11-27(12-23)43-3/h4-12,14-16,20,28-29,35,39H,13,17-19H2,1-3H3,(H2,34,40)(H,37,41)/t28-,29+/m0/s1. The van der Waals surface area contributed by atoms with Crippen molar-refractivity contribution in [2.45, 2.75) is 38.6 Å². The van der Waals surface area contributed by atoms with E-state index in [1.807, 2.05) is 66.9 Å².